The van der Waals surface area contributed by atoms with E-state index in [4.69, 9.17) is 19.9 Å². The molecule has 0 saturated carbocycles. The molecule has 1 saturated heterocycles. The largest absolute Gasteiger partial charge is 0.486 e. The normalized spacial score (nSPS) is 24.6. The zero-order chi connectivity index (χ0) is 12.4. The Kier molecular flexibility index (Phi) is 3.39. The van der Waals surface area contributed by atoms with Crippen LogP contribution in [0.5, 0.6) is 11.5 Å². The maximum absolute atomic E-state index is 6.28. The van der Waals surface area contributed by atoms with Crippen LogP contribution < -0.4 is 15.2 Å². The Balaban J connectivity index is 1.78. The van der Waals surface area contributed by atoms with Gasteiger partial charge in [-0.25, -0.2) is 0 Å². The highest BCUT2D eigenvalue weighted by Crippen LogP contribution is 2.34. The number of hydrogen-bond donors (Lipinski definition) is 1. The monoisotopic (exact) mass is 249 g/mol. The standard InChI is InChI=1S/C14H19NO3/c15-14(12-3-1-2-6-16-12)10-4-5-11-13(9-10)18-8-7-17-11/h4-5,9,12,14H,1-3,6-8,15H2. The van der Waals surface area contributed by atoms with Crippen molar-refractivity contribution in [3.05, 3.63) is 23.8 Å². The molecule has 0 amide bonds. The van der Waals surface area contributed by atoms with Crippen LogP contribution in [0.1, 0.15) is 30.9 Å². The van der Waals surface area contributed by atoms with Gasteiger partial charge in [0.1, 0.15) is 13.2 Å². The minimum Gasteiger partial charge on any atom is -0.486 e. The molecule has 0 aromatic heterocycles. The van der Waals surface area contributed by atoms with Crippen molar-refractivity contribution in [1.82, 2.24) is 0 Å². The van der Waals surface area contributed by atoms with E-state index in [1.807, 2.05) is 18.2 Å². The lowest BCUT2D eigenvalue weighted by Crippen LogP contribution is -2.32. The molecule has 18 heavy (non-hydrogen) atoms. The van der Waals surface area contributed by atoms with E-state index in [0.717, 1.165) is 36.5 Å². The number of rotatable bonds is 2. The Hall–Kier alpha value is -1.26. The Labute approximate surface area is 107 Å². The number of nitrogens with two attached hydrogens (primary N) is 1. The van der Waals surface area contributed by atoms with Crippen molar-refractivity contribution in [2.45, 2.75) is 31.4 Å². The maximum atomic E-state index is 6.28. The van der Waals surface area contributed by atoms with Crippen LogP contribution in [0.4, 0.5) is 0 Å². The average Bonchev–Trinajstić information content (AvgIpc) is 2.47. The fourth-order valence-electron chi connectivity index (χ4n) is 2.53. The van der Waals surface area contributed by atoms with Gasteiger partial charge in [0.25, 0.3) is 0 Å². The molecule has 98 valence electrons. The van der Waals surface area contributed by atoms with Crippen molar-refractivity contribution in [1.29, 1.82) is 0 Å². The molecule has 2 atom stereocenters. The van der Waals surface area contributed by atoms with E-state index in [-0.39, 0.29) is 12.1 Å². The fraction of sp³-hybridized carbons (Fsp3) is 0.571. The van der Waals surface area contributed by atoms with Crippen molar-refractivity contribution >= 4 is 0 Å². The molecule has 1 fully saturated rings. The summed E-state index contributed by atoms with van der Waals surface area (Å²) in [6, 6.07) is 5.85. The molecule has 1 aromatic carbocycles. The van der Waals surface area contributed by atoms with Gasteiger partial charge in [0, 0.05) is 6.61 Å². The van der Waals surface area contributed by atoms with Crippen LogP contribution in [-0.2, 0) is 4.74 Å². The lowest BCUT2D eigenvalue weighted by molar-refractivity contribution is -0.0000633. The lowest BCUT2D eigenvalue weighted by Gasteiger charge is -2.29. The highest BCUT2D eigenvalue weighted by atomic mass is 16.6. The molecule has 3 rings (SSSR count). The minimum absolute atomic E-state index is 0.0823. The Morgan fingerprint density at radius 1 is 1.06 bits per heavy atom. The van der Waals surface area contributed by atoms with E-state index in [0.29, 0.717) is 13.2 Å². The van der Waals surface area contributed by atoms with Gasteiger partial charge in [0.15, 0.2) is 11.5 Å². The van der Waals surface area contributed by atoms with E-state index < -0.39 is 0 Å². The predicted molar refractivity (Wildman–Crippen MR) is 68.0 cm³/mol. The van der Waals surface area contributed by atoms with Gasteiger partial charge >= 0.3 is 0 Å². The SMILES string of the molecule is NC(c1ccc2c(c1)OCCO2)C1CCCCO1. The second-order valence-corrected chi connectivity index (χ2v) is 4.83. The third kappa shape index (κ3) is 2.31. The van der Waals surface area contributed by atoms with Crippen molar-refractivity contribution in [2.75, 3.05) is 19.8 Å². The van der Waals surface area contributed by atoms with Crippen molar-refractivity contribution in [2.24, 2.45) is 5.73 Å². The first-order valence-corrected chi connectivity index (χ1v) is 6.61. The number of benzene rings is 1. The third-order valence-electron chi connectivity index (χ3n) is 3.57. The van der Waals surface area contributed by atoms with Crippen molar-refractivity contribution in [3.63, 3.8) is 0 Å². The molecule has 0 spiro atoms. The third-order valence-corrected chi connectivity index (χ3v) is 3.57. The van der Waals surface area contributed by atoms with E-state index in [2.05, 4.69) is 0 Å². The summed E-state index contributed by atoms with van der Waals surface area (Å²) < 4.78 is 16.8. The van der Waals surface area contributed by atoms with Gasteiger partial charge in [-0.05, 0) is 37.0 Å². The summed E-state index contributed by atoms with van der Waals surface area (Å²) in [7, 11) is 0. The Morgan fingerprint density at radius 3 is 2.67 bits per heavy atom. The highest BCUT2D eigenvalue weighted by molar-refractivity contribution is 5.44. The molecular formula is C14H19NO3. The fourth-order valence-corrected chi connectivity index (χ4v) is 2.53. The summed E-state index contributed by atoms with van der Waals surface area (Å²) in [6.45, 7) is 2.04. The number of hydrogen-bond acceptors (Lipinski definition) is 4. The molecule has 1 aromatic rings. The van der Waals surface area contributed by atoms with Gasteiger partial charge in [-0.2, -0.15) is 0 Å². The Bertz CT molecular complexity index is 416. The molecule has 2 aliphatic heterocycles. The number of ether oxygens (including phenoxy) is 3. The second kappa shape index (κ2) is 5.16. The van der Waals surface area contributed by atoms with Crippen LogP contribution in [0.25, 0.3) is 0 Å². The molecule has 4 heteroatoms. The first-order chi connectivity index (χ1) is 8.84. The van der Waals surface area contributed by atoms with E-state index in [9.17, 15) is 0 Å². The van der Waals surface area contributed by atoms with E-state index >= 15 is 0 Å². The van der Waals surface area contributed by atoms with Gasteiger partial charge in [0.05, 0.1) is 12.1 Å². The summed E-state index contributed by atoms with van der Waals surface area (Å²) in [5.74, 6) is 1.60. The molecule has 4 nitrogen and oxygen atoms in total. The first kappa shape index (κ1) is 11.8. The summed E-state index contributed by atoms with van der Waals surface area (Å²) in [5.41, 5.74) is 7.34. The molecule has 0 aliphatic carbocycles. The topological polar surface area (TPSA) is 53.7 Å². The molecule has 2 aliphatic rings. The van der Waals surface area contributed by atoms with Crippen LogP contribution in [0.15, 0.2) is 18.2 Å². The van der Waals surface area contributed by atoms with Gasteiger partial charge in [-0.1, -0.05) is 6.07 Å². The van der Waals surface area contributed by atoms with Crippen molar-refractivity contribution < 1.29 is 14.2 Å². The zero-order valence-corrected chi connectivity index (χ0v) is 10.4. The second-order valence-electron chi connectivity index (χ2n) is 4.83. The van der Waals surface area contributed by atoms with Crippen LogP contribution >= 0.6 is 0 Å². The van der Waals surface area contributed by atoms with Gasteiger partial charge in [-0.3, -0.25) is 0 Å². The van der Waals surface area contributed by atoms with Crippen LogP contribution in [0.2, 0.25) is 0 Å². The Morgan fingerprint density at radius 2 is 1.89 bits per heavy atom. The maximum Gasteiger partial charge on any atom is 0.161 e. The van der Waals surface area contributed by atoms with Crippen molar-refractivity contribution in [3.8, 4) is 11.5 Å². The first-order valence-electron chi connectivity index (χ1n) is 6.61. The van der Waals surface area contributed by atoms with E-state index in [1.54, 1.807) is 0 Å². The van der Waals surface area contributed by atoms with Gasteiger partial charge in [-0.15, -0.1) is 0 Å². The zero-order valence-electron chi connectivity index (χ0n) is 10.4. The molecule has 0 bridgehead atoms. The molecule has 0 radical (unpaired) electrons. The average molecular weight is 249 g/mol. The quantitative estimate of drug-likeness (QED) is 0.871. The molecule has 2 heterocycles. The predicted octanol–water partition coefficient (Wildman–Crippen LogP) is 2.03. The number of fused-ring (bicyclic) bond motifs is 1. The van der Waals surface area contributed by atoms with Gasteiger partial charge < -0.3 is 19.9 Å². The summed E-state index contributed by atoms with van der Waals surface area (Å²) in [6.07, 6.45) is 3.50. The lowest BCUT2D eigenvalue weighted by atomic mass is 9.96. The smallest absolute Gasteiger partial charge is 0.161 e. The summed E-state index contributed by atoms with van der Waals surface area (Å²) in [5, 5.41) is 0. The van der Waals surface area contributed by atoms with E-state index in [1.165, 1.54) is 6.42 Å². The van der Waals surface area contributed by atoms with Crippen LogP contribution in [0.3, 0.4) is 0 Å². The summed E-state index contributed by atoms with van der Waals surface area (Å²) in [4.78, 5) is 0. The molecule has 2 unspecified atom stereocenters. The van der Waals surface area contributed by atoms with Crippen LogP contribution in [0, 0.1) is 0 Å². The minimum atomic E-state index is -0.0823. The van der Waals surface area contributed by atoms with Gasteiger partial charge in [0.2, 0.25) is 0 Å². The van der Waals surface area contributed by atoms with Crippen LogP contribution in [-0.4, -0.2) is 25.9 Å². The highest BCUT2D eigenvalue weighted by Gasteiger charge is 2.24. The molecule has 2 N–H and O–H groups in total. The molecular weight excluding hydrogens is 230 g/mol. The summed E-state index contributed by atoms with van der Waals surface area (Å²) >= 11 is 0.